The number of hydrogen-bond acceptors (Lipinski definition) is 10. The smallest absolute Gasteiger partial charge is 0.387 e. The zero-order valence-electron chi connectivity index (χ0n) is 12.2. The Labute approximate surface area is 137 Å². The molecule has 1 aromatic carbocycles. The average Bonchev–Trinajstić information content (AvgIpc) is 2.54. The number of nitro groups is 2. The summed E-state index contributed by atoms with van der Waals surface area (Å²) in [6.07, 6.45) is -9.85. The van der Waals surface area contributed by atoms with Crippen LogP contribution in [0.15, 0.2) is 18.2 Å². The maximum atomic E-state index is 11.1. The molecule has 0 amide bonds. The minimum Gasteiger partial charge on any atom is -0.479 e. The van der Waals surface area contributed by atoms with Crippen LogP contribution < -0.4 is 4.74 Å². The van der Waals surface area contributed by atoms with E-state index >= 15 is 0 Å². The number of benzene rings is 1. The van der Waals surface area contributed by atoms with Gasteiger partial charge in [0.2, 0.25) is 12.0 Å². The van der Waals surface area contributed by atoms with Crippen LogP contribution in [-0.4, -0.2) is 66.9 Å². The first kappa shape index (κ1) is 18.5. The number of para-hydroxylation sites is 1. The second-order valence-electron chi connectivity index (χ2n) is 4.99. The maximum absolute atomic E-state index is 11.1. The maximum Gasteiger partial charge on any atom is 0.387 e. The predicted molar refractivity (Wildman–Crippen MR) is 74.7 cm³/mol. The average molecular weight is 360 g/mol. The van der Waals surface area contributed by atoms with Crippen LogP contribution >= 0.6 is 0 Å². The normalized spacial score (nSPS) is 29.0. The molecule has 1 aromatic rings. The Balaban J connectivity index is 2.38. The number of carbonyl (C=O) groups is 1. The Morgan fingerprint density at radius 3 is 2.24 bits per heavy atom. The highest BCUT2D eigenvalue weighted by atomic mass is 16.7. The van der Waals surface area contributed by atoms with E-state index in [1.54, 1.807) is 0 Å². The molecule has 0 radical (unpaired) electrons. The zero-order chi connectivity index (χ0) is 18.9. The highest BCUT2D eigenvalue weighted by Gasteiger charge is 2.48. The summed E-state index contributed by atoms with van der Waals surface area (Å²) in [6, 6.07) is 2.88. The van der Waals surface area contributed by atoms with E-state index in [1.165, 1.54) is 0 Å². The van der Waals surface area contributed by atoms with Gasteiger partial charge in [-0.3, -0.25) is 20.2 Å². The molecule has 1 fully saturated rings. The third-order valence-electron chi connectivity index (χ3n) is 3.41. The SMILES string of the molecule is O=C(O)[C@H]1O[C@@H](Oc2cccc([N+](=O)[O-])c2[N+](=O)[O-])[C@H](O)[C@@H](O)[C@@H]1O. The van der Waals surface area contributed by atoms with Crippen molar-refractivity contribution in [3.05, 3.63) is 38.4 Å². The van der Waals surface area contributed by atoms with Crippen molar-refractivity contribution in [3.8, 4) is 5.75 Å². The monoisotopic (exact) mass is 360 g/mol. The largest absolute Gasteiger partial charge is 0.479 e. The van der Waals surface area contributed by atoms with Gasteiger partial charge in [0.25, 0.3) is 0 Å². The molecule has 1 aliphatic heterocycles. The van der Waals surface area contributed by atoms with Gasteiger partial charge in [0.15, 0.2) is 6.10 Å². The topological polar surface area (TPSA) is 203 Å². The molecule has 0 spiro atoms. The van der Waals surface area contributed by atoms with Crippen LogP contribution in [0.2, 0.25) is 0 Å². The number of aliphatic carboxylic acids is 1. The van der Waals surface area contributed by atoms with E-state index in [0.717, 1.165) is 18.2 Å². The molecule has 0 bridgehead atoms. The Morgan fingerprint density at radius 1 is 1.08 bits per heavy atom. The summed E-state index contributed by atoms with van der Waals surface area (Å²) in [4.78, 5) is 30.9. The van der Waals surface area contributed by atoms with Crippen molar-refractivity contribution in [2.45, 2.75) is 30.7 Å². The van der Waals surface area contributed by atoms with Gasteiger partial charge in [-0.15, -0.1) is 0 Å². The molecular weight excluding hydrogens is 348 g/mol. The summed E-state index contributed by atoms with van der Waals surface area (Å²) in [5.41, 5.74) is -1.95. The van der Waals surface area contributed by atoms with Crippen LogP contribution in [0.1, 0.15) is 0 Å². The second-order valence-corrected chi connectivity index (χ2v) is 4.99. The van der Waals surface area contributed by atoms with Gasteiger partial charge in [0, 0.05) is 6.07 Å². The number of rotatable bonds is 5. The molecule has 13 nitrogen and oxygen atoms in total. The minimum absolute atomic E-state index is 0.684. The quantitative estimate of drug-likeness (QED) is 0.361. The highest BCUT2D eigenvalue weighted by Crippen LogP contribution is 2.37. The van der Waals surface area contributed by atoms with Gasteiger partial charge in [-0.05, 0) is 6.07 Å². The van der Waals surface area contributed by atoms with Crippen LogP contribution in [0.4, 0.5) is 11.4 Å². The van der Waals surface area contributed by atoms with Gasteiger partial charge in [-0.1, -0.05) is 6.07 Å². The van der Waals surface area contributed by atoms with Crippen molar-refractivity contribution >= 4 is 17.3 Å². The lowest BCUT2D eigenvalue weighted by Crippen LogP contribution is -2.61. The Kier molecular flexibility index (Phi) is 5.13. The van der Waals surface area contributed by atoms with Gasteiger partial charge >= 0.3 is 17.3 Å². The number of nitrogens with zero attached hydrogens (tertiary/aromatic N) is 2. The number of aliphatic hydroxyl groups is 3. The van der Waals surface area contributed by atoms with Gasteiger partial charge in [0.1, 0.15) is 18.3 Å². The molecule has 0 aliphatic carbocycles. The summed E-state index contributed by atoms with van der Waals surface area (Å²) in [5, 5.41) is 59.9. The van der Waals surface area contributed by atoms with Gasteiger partial charge < -0.3 is 29.9 Å². The van der Waals surface area contributed by atoms with Gasteiger partial charge in [-0.25, -0.2) is 4.79 Å². The molecule has 136 valence electrons. The predicted octanol–water partition coefficient (Wildman–Crippen LogP) is -1.23. The summed E-state index contributed by atoms with van der Waals surface area (Å²) in [6.45, 7) is 0. The first-order chi connectivity index (χ1) is 11.6. The van der Waals surface area contributed by atoms with Gasteiger partial charge in [0.05, 0.1) is 9.85 Å². The van der Waals surface area contributed by atoms with E-state index < -0.39 is 63.6 Å². The number of hydrogen-bond donors (Lipinski definition) is 4. The fourth-order valence-electron chi connectivity index (χ4n) is 2.21. The van der Waals surface area contributed by atoms with Crippen LogP contribution in [0, 0.1) is 20.2 Å². The fourth-order valence-corrected chi connectivity index (χ4v) is 2.21. The first-order valence-electron chi connectivity index (χ1n) is 6.66. The molecule has 1 aliphatic rings. The van der Waals surface area contributed by atoms with Crippen molar-refractivity contribution in [3.63, 3.8) is 0 Å². The lowest BCUT2D eigenvalue weighted by Gasteiger charge is -2.38. The minimum atomic E-state index is -1.99. The van der Waals surface area contributed by atoms with Crippen LogP contribution in [0.5, 0.6) is 5.75 Å². The van der Waals surface area contributed by atoms with E-state index in [-0.39, 0.29) is 0 Å². The van der Waals surface area contributed by atoms with E-state index in [4.69, 9.17) is 14.6 Å². The molecule has 1 saturated heterocycles. The summed E-state index contributed by atoms with van der Waals surface area (Å²) < 4.78 is 9.80. The zero-order valence-corrected chi connectivity index (χ0v) is 12.2. The molecule has 5 atom stereocenters. The van der Waals surface area contributed by atoms with E-state index in [2.05, 4.69) is 0 Å². The van der Waals surface area contributed by atoms with Crippen molar-refractivity contribution in [2.24, 2.45) is 0 Å². The number of carboxylic acid groups (broad SMARTS) is 1. The summed E-state index contributed by atoms with van der Waals surface area (Å²) in [7, 11) is 0. The molecule has 25 heavy (non-hydrogen) atoms. The van der Waals surface area contributed by atoms with Crippen LogP contribution in [-0.2, 0) is 9.53 Å². The standard InChI is InChI=1S/C12H12N2O11/c15-7-8(16)10(11(18)19)25-12(9(7)17)24-5-3-1-2-4(13(20)21)6(5)14(22)23/h1-3,7-10,12,15-17H,(H,18,19)/t7-,8-,9+,10-,12+/m0/s1. The third kappa shape index (κ3) is 3.48. The van der Waals surface area contributed by atoms with Crippen LogP contribution in [0.3, 0.4) is 0 Å². The van der Waals surface area contributed by atoms with Crippen molar-refractivity contribution in [1.82, 2.24) is 0 Å². The lowest BCUT2D eigenvalue weighted by molar-refractivity contribution is -0.423. The van der Waals surface area contributed by atoms with Gasteiger partial charge in [-0.2, -0.15) is 0 Å². The van der Waals surface area contributed by atoms with E-state index in [0.29, 0.717) is 0 Å². The Bertz CT molecular complexity index is 708. The molecule has 4 N–H and O–H groups in total. The Morgan fingerprint density at radius 2 is 1.72 bits per heavy atom. The molecule has 0 aromatic heterocycles. The van der Waals surface area contributed by atoms with Crippen molar-refractivity contribution in [2.75, 3.05) is 0 Å². The van der Waals surface area contributed by atoms with Crippen molar-refractivity contribution in [1.29, 1.82) is 0 Å². The van der Waals surface area contributed by atoms with Crippen LogP contribution in [0.25, 0.3) is 0 Å². The third-order valence-corrected chi connectivity index (χ3v) is 3.41. The number of carboxylic acids is 1. The van der Waals surface area contributed by atoms with E-state index in [9.17, 15) is 40.3 Å². The second kappa shape index (κ2) is 6.94. The number of ether oxygens (including phenoxy) is 2. The van der Waals surface area contributed by atoms with E-state index in [1.807, 2.05) is 0 Å². The molecule has 2 rings (SSSR count). The van der Waals surface area contributed by atoms with Crippen molar-refractivity contribution < 1.29 is 44.5 Å². The first-order valence-corrected chi connectivity index (χ1v) is 6.66. The molecule has 0 unspecified atom stereocenters. The number of aliphatic hydroxyl groups excluding tert-OH is 3. The molecule has 0 saturated carbocycles. The molecule has 1 heterocycles. The summed E-state index contributed by atoms with van der Waals surface area (Å²) in [5.74, 6) is -2.36. The molecular formula is C12H12N2O11. The molecule has 13 heteroatoms. The summed E-state index contributed by atoms with van der Waals surface area (Å²) >= 11 is 0. The number of nitro benzene ring substituents is 2. The lowest BCUT2D eigenvalue weighted by atomic mass is 9.99. The Hall–Kier alpha value is -2.87. The fraction of sp³-hybridized carbons (Fsp3) is 0.417. The highest BCUT2D eigenvalue weighted by molar-refractivity contribution is 5.73.